The number of benzene rings is 3. The van der Waals surface area contributed by atoms with Gasteiger partial charge in [0.05, 0.1) is 4.90 Å². The van der Waals surface area contributed by atoms with Crippen molar-refractivity contribution >= 4 is 15.7 Å². The predicted octanol–water partition coefficient (Wildman–Crippen LogP) is 4.29. The van der Waals surface area contributed by atoms with Gasteiger partial charge in [0, 0.05) is 19.3 Å². The number of hydrogen-bond donors (Lipinski definition) is 2. The third kappa shape index (κ3) is 6.49. The van der Waals surface area contributed by atoms with Crippen molar-refractivity contribution < 1.29 is 17.6 Å². The number of sulfone groups is 1. The molecule has 174 valence electrons. The van der Waals surface area contributed by atoms with Crippen molar-refractivity contribution in [2.24, 2.45) is 0 Å². The lowest BCUT2D eigenvalue weighted by molar-refractivity contribution is -0.123. The fraction of sp³-hybridized carbons (Fsp3) is 0.269. The van der Waals surface area contributed by atoms with E-state index in [9.17, 15) is 17.6 Å². The van der Waals surface area contributed by atoms with E-state index in [-0.39, 0.29) is 22.7 Å². The van der Waals surface area contributed by atoms with Gasteiger partial charge in [-0.15, -0.1) is 0 Å². The molecule has 0 heterocycles. The van der Waals surface area contributed by atoms with Crippen LogP contribution in [0.5, 0.6) is 0 Å². The molecule has 0 radical (unpaired) electrons. The number of likely N-dealkylation sites (N-methyl/N-ethyl adjacent to an activating group) is 1. The Morgan fingerprint density at radius 2 is 1.64 bits per heavy atom. The second-order valence-corrected chi connectivity index (χ2v) is 10.2. The highest BCUT2D eigenvalue weighted by Crippen LogP contribution is 2.26. The normalized spacial score (nSPS) is 13.3. The molecule has 1 amide bonds. The summed E-state index contributed by atoms with van der Waals surface area (Å²) >= 11 is 0. The van der Waals surface area contributed by atoms with Crippen LogP contribution in [0.2, 0.25) is 0 Å². The van der Waals surface area contributed by atoms with Crippen LogP contribution in [0, 0.1) is 12.7 Å². The first-order chi connectivity index (χ1) is 15.7. The molecule has 0 unspecified atom stereocenters. The second-order valence-electron chi connectivity index (χ2n) is 8.14. The van der Waals surface area contributed by atoms with E-state index in [1.807, 2.05) is 30.3 Å². The highest BCUT2D eigenvalue weighted by atomic mass is 32.2. The summed E-state index contributed by atoms with van der Waals surface area (Å²) in [4.78, 5) is 13.0. The van der Waals surface area contributed by atoms with E-state index < -0.39 is 15.9 Å². The largest absolute Gasteiger partial charge is 0.358 e. The maximum atomic E-state index is 13.9. The second kappa shape index (κ2) is 10.7. The Kier molecular flexibility index (Phi) is 8.00. The van der Waals surface area contributed by atoms with E-state index in [1.165, 1.54) is 12.3 Å². The number of carbonyl (C=O) groups is 1. The van der Waals surface area contributed by atoms with E-state index in [1.54, 1.807) is 50.4 Å². The molecule has 7 heteroatoms. The monoisotopic (exact) mass is 468 g/mol. The molecule has 3 aromatic carbocycles. The Labute approximate surface area is 195 Å². The first-order valence-corrected chi connectivity index (χ1v) is 12.7. The minimum atomic E-state index is -3.25. The van der Waals surface area contributed by atoms with Crippen LogP contribution in [-0.2, 0) is 21.1 Å². The number of halogens is 1. The topological polar surface area (TPSA) is 75.3 Å². The van der Waals surface area contributed by atoms with E-state index in [2.05, 4.69) is 10.6 Å². The van der Waals surface area contributed by atoms with Gasteiger partial charge in [0.15, 0.2) is 9.84 Å². The van der Waals surface area contributed by atoms with E-state index in [0.29, 0.717) is 18.4 Å². The Bertz CT molecular complexity index is 1200. The third-order valence-electron chi connectivity index (χ3n) is 5.67. The Hall–Kier alpha value is -3.03. The van der Waals surface area contributed by atoms with E-state index in [4.69, 9.17) is 0 Å². The van der Waals surface area contributed by atoms with Crippen LogP contribution in [0.4, 0.5) is 4.39 Å². The number of carbonyl (C=O) groups excluding carboxylic acids is 1. The summed E-state index contributed by atoms with van der Waals surface area (Å²) in [6.07, 6.45) is 2.46. The van der Waals surface area contributed by atoms with Crippen LogP contribution in [-0.4, -0.2) is 27.6 Å². The number of hydrogen-bond acceptors (Lipinski definition) is 4. The van der Waals surface area contributed by atoms with Gasteiger partial charge in [-0.05, 0) is 60.2 Å². The van der Waals surface area contributed by atoms with Crippen LogP contribution in [0.25, 0.3) is 0 Å². The Morgan fingerprint density at radius 3 is 2.21 bits per heavy atom. The van der Waals surface area contributed by atoms with Crippen LogP contribution in [0.15, 0.2) is 77.7 Å². The molecule has 3 rings (SSSR count). The molecule has 0 fully saturated rings. The molecule has 0 aliphatic carbocycles. The van der Waals surface area contributed by atoms with Crippen molar-refractivity contribution in [1.29, 1.82) is 0 Å². The number of amides is 1. The van der Waals surface area contributed by atoms with Gasteiger partial charge in [0.2, 0.25) is 5.91 Å². The van der Waals surface area contributed by atoms with Gasteiger partial charge in [0.25, 0.3) is 0 Å². The summed E-state index contributed by atoms with van der Waals surface area (Å²) in [5.41, 5.74) is 3.22. The fourth-order valence-electron chi connectivity index (χ4n) is 3.76. The van der Waals surface area contributed by atoms with Gasteiger partial charge in [-0.2, -0.15) is 0 Å². The standard InChI is InChI=1S/C26H29FN2O3S/c1-18-17-21(12-15-23(18)27)24(16-11-19-9-13-22(14-10-19)33(3,31)32)29-25(26(30)28-2)20-7-5-4-6-8-20/h4-10,12-15,17,24-25,29H,11,16H2,1-3H3,(H,28,30)/t24-,25+/m1/s1. The molecule has 0 aliphatic heterocycles. The summed E-state index contributed by atoms with van der Waals surface area (Å²) in [5, 5.41) is 6.18. The molecule has 2 N–H and O–H groups in total. The maximum absolute atomic E-state index is 13.9. The van der Waals surface area contributed by atoms with Crippen LogP contribution >= 0.6 is 0 Å². The lowest BCUT2D eigenvalue weighted by Gasteiger charge is -2.26. The molecule has 0 aliphatic rings. The molecule has 0 saturated carbocycles. The van der Waals surface area contributed by atoms with Crippen molar-refractivity contribution in [3.8, 4) is 0 Å². The van der Waals surface area contributed by atoms with E-state index >= 15 is 0 Å². The third-order valence-corrected chi connectivity index (χ3v) is 6.80. The van der Waals surface area contributed by atoms with Crippen LogP contribution in [0.1, 0.15) is 40.8 Å². The molecular weight excluding hydrogens is 439 g/mol. The number of aryl methyl sites for hydroxylation is 2. The zero-order valence-corrected chi connectivity index (χ0v) is 19.8. The molecule has 5 nitrogen and oxygen atoms in total. The zero-order chi connectivity index (χ0) is 24.0. The highest BCUT2D eigenvalue weighted by molar-refractivity contribution is 7.90. The van der Waals surface area contributed by atoms with Crippen molar-refractivity contribution in [3.63, 3.8) is 0 Å². The number of rotatable bonds is 9. The molecule has 33 heavy (non-hydrogen) atoms. The lowest BCUT2D eigenvalue weighted by atomic mass is 9.95. The van der Waals surface area contributed by atoms with Crippen molar-refractivity contribution in [2.75, 3.05) is 13.3 Å². The smallest absolute Gasteiger partial charge is 0.241 e. The van der Waals surface area contributed by atoms with E-state index in [0.717, 1.165) is 16.7 Å². The number of nitrogens with one attached hydrogen (secondary N) is 2. The van der Waals surface area contributed by atoms with Gasteiger partial charge in [-0.25, -0.2) is 12.8 Å². The van der Waals surface area contributed by atoms with Crippen molar-refractivity contribution in [1.82, 2.24) is 10.6 Å². The summed E-state index contributed by atoms with van der Waals surface area (Å²) in [5.74, 6) is -0.442. The molecule has 0 saturated heterocycles. The minimum Gasteiger partial charge on any atom is -0.358 e. The Morgan fingerprint density at radius 1 is 0.970 bits per heavy atom. The SMILES string of the molecule is CNC(=O)[C@@H](N[C@H](CCc1ccc(S(C)(=O)=O)cc1)c1ccc(F)c(C)c1)c1ccccc1. The van der Waals surface area contributed by atoms with Crippen molar-refractivity contribution in [2.45, 2.75) is 36.7 Å². The fourth-order valence-corrected chi connectivity index (χ4v) is 4.39. The van der Waals surface area contributed by atoms with Gasteiger partial charge in [-0.1, -0.05) is 54.6 Å². The average molecular weight is 469 g/mol. The molecule has 0 spiro atoms. The molecule has 3 aromatic rings. The summed E-state index contributed by atoms with van der Waals surface area (Å²) < 4.78 is 37.4. The molecule has 2 atom stereocenters. The zero-order valence-electron chi connectivity index (χ0n) is 19.0. The first-order valence-electron chi connectivity index (χ1n) is 10.8. The molecule has 0 aromatic heterocycles. The van der Waals surface area contributed by atoms with Gasteiger partial charge in [0.1, 0.15) is 11.9 Å². The Balaban J connectivity index is 1.88. The first kappa shape index (κ1) is 24.6. The van der Waals surface area contributed by atoms with Gasteiger partial charge in [-0.3, -0.25) is 10.1 Å². The van der Waals surface area contributed by atoms with Crippen molar-refractivity contribution in [3.05, 3.63) is 101 Å². The summed E-state index contributed by atoms with van der Waals surface area (Å²) in [6, 6.07) is 20.4. The molecule has 0 bridgehead atoms. The highest BCUT2D eigenvalue weighted by Gasteiger charge is 2.24. The molecular formula is C26H29FN2O3S. The van der Waals surface area contributed by atoms with Crippen LogP contribution < -0.4 is 10.6 Å². The predicted molar refractivity (Wildman–Crippen MR) is 128 cm³/mol. The summed E-state index contributed by atoms with van der Waals surface area (Å²) in [6.45, 7) is 1.72. The van der Waals surface area contributed by atoms with Crippen LogP contribution in [0.3, 0.4) is 0 Å². The summed E-state index contributed by atoms with van der Waals surface area (Å²) in [7, 11) is -1.66. The van der Waals surface area contributed by atoms with Gasteiger partial charge >= 0.3 is 0 Å². The minimum absolute atomic E-state index is 0.164. The lowest BCUT2D eigenvalue weighted by Crippen LogP contribution is -2.38. The quantitative estimate of drug-likeness (QED) is 0.491. The maximum Gasteiger partial charge on any atom is 0.241 e. The van der Waals surface area contributed by atoms with Gasteiger partial charge < -0.3 is 5.32 Å². The average Bonchev–Trinajstić information content (AvgIpc) is 2.81.